The number of nitrogens with two attached hydrogens (primary N) is 1. The lowest BCUT2D eigenvalue weighted by Crippen LogP contribution is -2.36. The van der Waals surface area contributed by atoms with E-state index in [2.05, 4.69) is 9.97 Å². The molecule has 27 heavy (non-hydrogen) atoms. The van der Waals surface area contributed by atoms with Crippen LogP contribution in [0.15, 0.2) is 45.3 Å². The number of nitrogens with one attached hydrogen (secondary N) is 2. The molecule has 0 unspecified atom stereocenters. The summed E-state index contributed by atoms with van der Waals surface area (Å²) >= 11 is 0. The van der Waals surface area contributed by atoms with E-state index < -0.39 is 23.1 Å². The van der Waals surface area contributed by atoms with Crippen molar-refractivity contribution in [3.8, 4) is 11.6 Å². The zero-order chi connectivity index (χ0) is 19.6. The van der Waals surface area contributed by atoms with Crippen molar-refractivity contribution in [2.45, 2.75) is 19.8 Å². The lowest BCUT2D eigenvalue weighted by atomic mass is 9.84. The van der Waals surface area contributed by atoms with Gasteiger partial charge in [-0.1, -0.05) is 18.2 Å². The summed E-state index contributed by atoms with van der Waals surface area (Å²) in [5, 5.41) is 0. The highest BCUT2D eigenvalue weighted by Gasteiger charge is 2.39. The number of benzene rings is 1. The fourth-order valence-electron chi connectivity index (χ4n) is 3.01. The van der Waals surface area contributed by atoms with Gasteiger partial charge in [-0.05, 0) is 19.9 Å². The molecule has 1 atom stereocenters. The van der Waals surface area contributed by atoms with Crippen molar-refractivity contribution in [3.63, 3.8) is 0 Å². The van der Waals surface area contributed by atoms with E-state index in [9.17, 15) is 14.4 Å². The minimum Gasteiger partial charge on any atom is -0.494 e. The molecule has 0 saturated heterocycles. The van der Waals surface area contributed by atoms with Crippen LogP contribution in [0.1, 0.15) is 30.9 Å². The van der Waals surface area contributed by atoms with Gasteiger partial charge in [0, 0.05) is 5.56 Å². The van der Waals surface area contributed by atoms with E-state index >= 15 is 0 Å². The van der Waals surface area contributed by atoms with Crippen LogP contribution in [0, 0.1) is 0 Å². The summed E-state index contributed by atoms with van der Waals surface area (Å²) in [6.45, 7) is 3.96. The minimum atomic E-state index is -0.934. The van der Waals surface area contributed by atoms with Crippen LogP contribution in [-0.4, -0.2) is 29.2 Å². The fraction of sp³-hybridized carbons (Fsp3) is 0.278. The number of fused-ring (bicyclic) bond motifs is 1. The number of rotatable bonds is 5. The first kappa shape index (κ1) is 18.3. The molecule has 0 amide bonds. The Labute approximate surface area is 153 Å². The lowest BCUT2D eigenvalue weighted by Gasteiger charge is -2.28. The largest absolute Gasteiger partial charge is 0.494 e. The van der Waals surface area contributed by atoms with Gasteiger partial charge in [0.2, 0.25) is 11.8 Å². The molecule has 1 aromatic heterocycles. The van der Waals surface area contributed by atoms with Crippen LogP contribution in [0.25, 0.3) is 0 Å². The van der Waals surface area contributed by atoms with Gasteiger partial charge in [-0.3, -0.25) is 14.8 Å². The molecule has 0 spiro atoms. The maximum Gasteiger partial charge on any atom is 0.340 e. The van der Waals surface area contributed by atoms with Gasteiger partial charge in [-0.25, -0.2) is 9.59 Å². The Morgan fingerprint density at radius 2 is 1.93 bits per heavy atom. The summed E-state index contributed by atoms with van der Waals surface area (Å²) in [6.07, 6.45) is 0. The number of hydrogen-bond acceptors (Lipinski definition) is 7. The third kappa shape index (κ3) is 3.31. The molecule has 4 N–H and O–H groups in total. The molecule has 0 saturated carbocycles. The van der Waals surface area contributed by atoms with Crippen molar-refractivity contribution in [2.24, 2.45) is 5.73 Å². The first-order valence-corrected chi connectivity index (χ1v) is 8.40. The SMILES string of the molecule is CCOC(=O)C1=C(N)Oc2[nH]c(=O)[nH]c(=O)c2[C@@H]1c1ccccc1OCC. The van der Waals surface area contributed by atoms with Crippen LogP contribution >= 0.6 is 0 Å². The molecular formula is C18H19N3O6. The molecule has 9 heteroatoms. The summed E-state index contributed by atoms with van der Waals surface area (Å²) in [6, 6.07) is 6.93. The fourth-order valence-corrected chi connectivity index (χ4v) is 3.01. The maximum absolute atomic E-state index is 12.6. The zero-order valence-corrected chi connectivity index (χ0v) is 14.8. The van der Waals surface area contributed by atoms with Gasteiger partial charge in [-0.2, -0.15) is 0 Å². The predicted octanol–water partition coefficient (Wildman–Crippen LogP) is 0.720. The molecule has 9 nitrogen and oxygen atoms in total. The van der Waals surface area contributed by atoms with Crippen molar-refractivity contribution in [1.29, 1.82) is 0 Å². The Kier molecular flexibility index (Phi) is 5.02. The molecule has 0 bridgehead atoms. The number of aromatic amines is 2. The monoisotopic (exact) mass is 373 g/mol. The average Bonchev–Trinajstić information content (AvgIpc) is 2.61. The zero-order valence-electron chi connectivity index (χ0n) is 14.8. The quantitative estimate of drug-likeness (QED) is 0.657. The number of para-hydroxylation sites is 1. The molecule has 0 radical (unpaired) electrons. The number of aromatic nitrogens is 2. The van der Waals surface area contributed by atoms with E-state index in [4.69, 9.17) is 19.9 Å². The number of H-pyrrole nitrogens is 2. The van der Waals surface area contributed by atoms with E-state index in [1.54, 1.807) is 31.2 Å². The van der Waals surface area contributed by atoms with Gasteiger partial charge >= 0.3 is 11.7 Å². The van der Waals surface area contributed by atoms with E-state index in [0.29, 0.717) is 17.9 Å². The van der Waals surface area contributed by atoms with Crippen molar-refractivity contribution in [1.82, 2.24) is 9.97 Å². The Hall–Kier alpha value is -3.49. The van der Waals surface area contributed by atoms with Gasteiger partial charge in [0.05, 0.1) is 24.7 Å². The average molecular weight is 373 g/mol. The Morgan fingerprint density at radius 1 is 1.19 bits per heavy atom. The lowest BCUT2D eigenvalue weighted by molar-refractivity contribution is -0.139. The summed E-state index contributed by atoms with van der Waals surface area (Å²) < 4.78 is 16.1. The van der Waals surface area contributed by atoms with Crippen molar-refractivity contribution >= 4 is 5.97 Å². The molecule has 2 aromatic rings. The topological polar surface area (TPSA) is 136 Å². The number of ether oxygens (including phenoxy) is 3. The van der Waals surface area contributed by atoms with Gasteiger partial charge in [0.25, 0.3) is 5.56 Å². The van der Waals surface area contributed by atoms with Crippen LogP contribution in [0.3, 0.4) is 0 Å². The first-order valence-electron chi connectivity index (χ1n) is 8.40. The second-order valence-corrected chi connectivity index (χ2v) is 5.66. The van der Waals surface area contributed by atoms with Crippen LogP contribution in [0.2, 0.25) is 0 Å². The van der Waals surface area contributed by atoms with Gasteiger partial charge in [0.15, 0.2) is 0 Å². The molecule has 1 aliphatic rings. The van der Waals surface area contributed by atoms with Crippen molar-refractivity contribution in [3.05, 3.63) is 67.7 Å². The summed E-state index contributed by atoms with van der Waals surface area (Å²) in [5.74, 6) is -1.55. The van der Waals surface area contributed by atoms with E-state index in [0.717, 1.165) is 0 Å². The molecule has 2 heterocycles. The van der Waals surface area contributed by atoms with Gasteiger partial charge < -0.3 is 19.9 Å². The maximum atomic E-state index is 12.6. The van der Waals surface area contributed by atoms with Crippen LogP contribution in [-0.2, 0) is 9.53 Å². The molecular weight excluding hydrogens is 354 g/mol. The van der Waals surface area contributed by atoms with Crippen molar-refractivity contribution < 1.29 is 19.0 Å². The summed E-state index contributed by atoms with van der Waals surface area (Å²) in [5.41, 5.74) is 5.04. The number of carbonyl (C=O) groups excluding carboxylic acids is 1. The molecule has 1 aliphatic heterocycles. The molecule has 0 aliphatic carbocycles. The highest BCUT2D eigenvalue weighted by molar-refractivity contribution is 5.92. The highest BCUT2D eigenvalue weighted by Crippen LogP contribution is 2.42. The third-order valence-corrected chi connectivity index (χ3v) is 4.02. The Balaban J connectivity index is 2.31. The highest BCUT2D eigenvalue weighted by atomic mass is 16.5. The number of carbonyl (C=O) groups is 1. The van der Waals surface area contributed by atoms with Crippen LogP contribution in [0.4, 0.5) is 0 Å². The second-order valence-electron chi connectivity index (χ2n) is 5.66. The molecule has 3 rings (SSSR count). The third-order valence-electron chi connectivity index (χ3n) is 4.02. The Bertz CT molecular complexity index is 1020. The predicted molar refractivity (Wildman–Crippen MR) is 95.6 cm³/mol. The van der Waals surface area contributed by atoms with Gasteiger partial charge in [0.1, 0.15) is 11.3 Å². The van der Waals surface area contributed by atoms with Crippen molar-refractivity contribution in [2.75, 3.05) is 13.2 Å². The van der Waals surface area contributed by atoms with E-state index in [-0.39, 0.29) is 29.5 Å². The number of esters is 1. The smallest absolute Gasteiger partial charge is 0.340 e. The summed E-state index contributed by atoms with van der Waals surface area (Å²) in [4.78, 5) is 41.3. The minimum absolute atomic E-state index is 0.0333. The van der Waals surface area contributed by atoms with Crippen LogP contribution in [0.5, 0.6) is 11.6 Å². The Morgan fingerprint density at radius 3 is 2.63 bits per heavy atom. The molecule has 0 fully saturated rings. The second kappa shape index (κ2) is 7.40. The van der Waals surface area contributed by atoms with Gasteiger partial charge in [-0.15, -0.1) is 0 Å². The van der Waals surface area contributed by atoms with Crippen LogP contribution < -0.4 is 26.5 Å². The summed E-state index contributed by atoms with van der Waals surface area (Å²) in [7, 11) is 0. The standard InChI is InChI=1S/C18H19N3O6/c1-3-25-10-8-6-5-7-9(10)11-12(17(23)26-4-2)14(19)27-16-13(11)15(22)20-18(24)21-16/h5-8,11H,3-4,19H2,1-2H3,(H2,20,21,22,24)/t11-/m1/s1. The molecule has 1 aromatic carbocycles. The number of hydrogen-bond donors (Lipinski definition) is 3. The molecule has 142 valence electrons. The van der Waals surface area contributed by atoms with E-state index in [1.807, 2.05) is 6.92 Å². The van der Waals surface area contributed by atoms with E-state index in [1.165, 1.54) is 0 Å². The first-order chi connectivity index (χ1) is 13.0. The normalized spacial score (nSPS) is 15.7.